The van der Waals surface area contributed by atoms with Gasteiger partial charge >= 0.3 is 0 Å². The Morgan fingerprint density at radius 1 is 1.40 bits per heavy atom. The van der Waals surface area contributed by atoms with E-state index in [0.717, 1.165) is 12.0 Å². The van der Waals surface area contributed by atoms with E-state index in [-0.39, 0.29) is 18.1 Å². The first kappa shape index (κ1) is 9.21. The second-order valence-electron chi connectivity index (χ2n) is 4.23. The molecule has 0 aliphatic carbocycles. The quantitative estimate of drug-likeness (QED) is 0.664. The van der Waals surface area contributed by atoms with Crippen LogP contribution in [0.1, 0.15) is 24.3 Å². The number of hydrogen-bond acceptors (Lipinski definition) is 2. The first-order chi connectivity index (χ1) is 7.24. The van der Waals surface area contributed by atoms with Crippen molar-refractivity contribution in [3.8, 4) is 0 Å². The van der Waals surface area contributed by atoms with E-state index in [0.29, 0.717) is 6.42 Å². The highest BCUT2D eigenvalue weighted by molar-refractivity contribution is 5.22. The van der Waals surface area contributed by atoms with Crippen LogP contribution in [0.2, 0.25) is 0 Å². The lowest BCUT2D eigenvalue weighted by atomic mass is 9.83. The molecular weight excluding hydrogens is 200 g/mol. The van der Waals surface area contributed by atoms with Crippen LogP contribution in [0.4, 0.5) is 8.78 Å². The topological polar surface area (TPSA) is 22.1 Å². The summed E-state index contributed by atoms with van der Waals surface area (Å²) in [6.45, 7) is 0. The van der Waals surface area contributed by atoms with E-state index < -0.39 is 12.1 Å². The van der Waals surface area contributed by atoms with E-state index >= 15 is 0 Å². The highest BCUT2D eigenvalue weighted by atomic mass is 19.1. The van der Waals surface area contributed by atoms with Crippen LogP contribution in [0.5, 0.6) is 0 Å². The van der Waals surface area contributed by atoms with Crippen LogP contribution in [-0.4, -0.2) is 23.4 Å². The van der Waals surface area contributed by atoms with Gasteiger partial charge < -0.3 is 4.74 Å². The number of rotatable bonds is 1. The van der Waals surface area contributed by atoms with Crippen molar-refractivity contribution in [2.24, 2.45) is 0 Å². The lowest BCUT2D eigenvalue weighted by molar-refractivity contribution is 0.0772. The van der Waals surface area contributed by atoms with Gasteiger partial charge in [0.2, 0.25) is 5.95 Å². The molecule has 2 saturated heterocycles. The summed E-state index contributed by atoms with van der Waals surface area (Å²) in [4.78, 5) is 3.49. The van der Waals surface area contributed by atoms with Gasteiger partial charge in [0.25, 0.3) is 0 Å². The van der Waals surface area contributed by atoms with E-state index in [9.17, 15) is 8.78 Å². The Morgan fingerprint density at radius 2 is 2.27 bits per heavy atom. The molecule has 0 radical (unpaired) electrons. The monoisotopic (exact) mass is 211 g/mol. The minimum absolute atomic E-state index is 0.00347. The normalized spacial score (nSPS) is 38.5. The molecular formula is C11H11F2NO. The molecule has 4 heteroatoms. The molecule has 1 aromatic rings. The third-order valence-electron chi connectivity index (χ3n) is 3.29. The zero-order valence-electron chi connectivity index (χ0n) is 8.07. The van der Waals surface area contributed by atoms with E-state index in [1.165, 1.54) is 12.3 Å². The van der Waals surface area contributed by atoms with Crippen molar-refractivity contribution in [2.45, 2.75) is 37.1 Å². The summed E-state index contributed by atoms with van der Waals surface area (Å²) in [5.41, 5.74) is 0.803. The van der Waals surface area contributed by atoms with E-state index in [4.69, 9.17) is 4.74 Å². The van der Waals surface area contributed by atoms with Gasteiger partial charge in [-0.25, -0.2) is 9.37 Å². The van der Waals surface area contributed by atoms with Crippen molar-refractivity contribution in [3.63, 3.8) is 0 Å². The number of ether oxygens (including phenoxy) is 1. The predicted octanol–water partition coefficient (Wildman–Crippen LogP) is 2.20. The Morgan fingerprint density at radius 3 is 2.93 bits per heavy atom. The molecule has 0 amide bonds. The summed E-state index contributed by atoms with van der Waals surface area (Å²) in [7, 11) is 0. The molecule has 0 N–H and O–H groups in total. The average molecular weight is 211 g/mol. The second kappa shape index (κ2) is 3.23. The SMILES string of the molecule is Fc1cc(C2CC3CC(F)C2O3)ccn1. The fourth-order valence-corrected chi connectivity index (χ4v) is 2.64. The van der Waals surface area contributed by atoms with E-state index in [1.54, 1.807) is 6.07 Å². The number of aromatic nitrogens is 1. The molecule has 2 aliphatic heterocycles. The van der Waals surface area contributed by atoms with E-state index in [1.807, 2.05) is 0 Å². The van der Waals surface area contributed by atoms with Gasteiger partial charge in [0.1, 0.15) is 6.17 Å². The van der Waals surface area contributed by atoms with Crippen LogP contribution in [0, 0.1) is 5.95 Å². The van der Waals surface area contributed by atoms with Crippen molar-refractivity contribution in [2.75, 3.05) is 0 Å². The molecule has 80 valence electrons. The molecule has 4 atom stereocenters. The smallest absolute Gasteiger partial charge is 0.213 e. The van der Waals surface area contributed by atoms with Gasteiger partial charge in [0, 0.05) is 18.5 Å². The van der Waals surface area contributed by atoms with Crippen LogP contribution >= 0.6 is 0 Å². The third-order valence-corrected chi connectivity index (χ3v) is 3.29. The van der Waals surface area contributed by atoms with Crippen molar-refractivity contribution in [3.05, 3.63) is 29.8 Å². The number of nitrogens with zero attached hydrogens (tertiary/aromatic N) is 1. The number of halogens is 2. The van der Waals surface area contributed by atoms with Gasteiger partial charge in [-0.15, -0.1) is 0 Å². The zero-order chi connectivity index (χ0) is 10.4. The Kier molecular flexibility index (Phi) is 1.99. The van der Waals surface area contributed by atoms with Gasteiger partial charge in [-0.2, -0.15) is 4.39 Å². The predicted molar refractivity (Wildman–Crippen MR) is 49.7 cm³/mol. The summed E-state index contributed by atoms with van der Waals surface area (Å²) in [5, 5.41) is 0. The Labute approximate surface area is 86.3 Å². The summed E-state index contributed by atoms with van der Waals surface area (Å²) in [6, 6.07) is 3.12. The average Bonchev–Trinajstić information content (AvgIpc) is 2.76. The molecule has 4 unspecified atom stereocenters. The fourth-order valence-electron chi connectivity index (χ4n) is 2.64. The molecule has 2 nitrogen and oxygen atoms in total. The maximum atomic E-state index is 13.4. The fraction of sp³-hybridized carbons (Fsp3) is 0.545. The highest BCUT2D eigenvalue weighted by Gasteiger charge is 2.48. The van der Waals surface area contributed by atoms with Gasteiger partial charge in [0.05, 0.1) is 12.2 Å². The summed E-state index contributed by atoms with van der Waals surface area (Å²) in [5.74, 6) is -0.512. The second-order valence-corrected chi connectivity index (χ2v) is 4.23. The largest absolute Gasteiger partial charge is 0.371 e. The van der Waals surface area contributed by atoms with Crippen LogP contribution < -0.4 is 0 Å². The summed E-state index contributed by atoms with van der Waals surface area (Å²) >= 11 is 0. The highest BCUT2D eigenvalue weighted by Crippen LogP contribution is 2.45. The molecule has 2 fully saturated rings. The third kappa shape index (κ3) is 1.44. The zero-order valence-corrected chi connectivity index (χ0v) is 8.07. The number of fused-ring (bicyclic) bond motifs is 2. The minimum Gasteiger partial charge on any atom is -0.371 e. The van der Waals surface area contributed by atoms with Gasteiger partial charge in [-0.3, -0.25) is 0 Å². The van der Waals surface area contributed by atoms with Gasteiger partial charge in [-0.05, 0) is 24.1 Å². The standard InChI is InChI=1S/C11H11F2NO/c12-9-5-7-4-8(11(9)15-7)6-1-2-14-10(13)3-6/h1-3,7-9,11H,4-5H2. The van der Waals surface area contributed by atoms with Gasteiger partial charge in [0.15, 0.2) is 0 Å². The van der Waals surface area contributed by atoms with Crippen LogP contribution in [0.15, 0.2) is 18.3 Å². The van der Waals surface area contributed by atoms with E-state index in [2.05, 4.69) is 4.98 Å². The molecule has 1 aromatic heterocycles. The van der Waals surface area contributed by atoms with Crippen molar-refractivity contribution in [1.82, 2.24) is 4.98 Å². The Hall–Kier alpha value is -1.03. The van der Waals surface area contributed by atoms with Crippen molar-refractivity contribution in [1.29, 1.82) is 0 Å². The maximum Gasteiger partial charge on any atom is 0.213 e. The van der Waals surface area contributed by atoms with Gasteiger partial charge in [-0.1, -0.05) is 0 Å². The summed E-state index contributed by atoms with van der Waals surface area (Å²) < 4.78 is 31.8. The van der Waals surface area contributed by atoms with Crippen LogP contribution in [-0.2, 0) is 4.74 Å². The Bertz CT molecular complexity index is 385. The van der Waals surface area contributed by atoms with Crippen molar-refractivity contribution >= 4 is 0 Å². The molecule has 0 saturated carbocycles. The molecule has 0 spiro atoms. The molecule has 15 heavy (non-hydrogen) atoms. The number of hydrogen-bond donors (Lipinski definition) is 0. The van der Waals surface area contributed by atoms with Crippen LogP contribution in [0.3, 0.4) is 0 Å². The lowest BCUT2D eigenvalue weighted by Crippen LogP contribution is -2.25. The van der Waals surface area contributed by atoms with Crippen molar-refractivity contribution < 1.29 is 13.5 Å². The maximum absolute atomic E-state index is 13.4. The number of alkyl halides is 1. The molecule has 3 rings (SSSR count). The number of pyridine rings is 1. The molecule has 2 aliphatic rings. The lowest BCUT2D eigenvalue weighted by Gasteiger charge is -2.21. The summed E-state index contributed by atoms with van der Waals surface area (Å²) in [6.07, 6.45) is 1.46. The molecule has 2 bridgehead atoms. The molecule has 3 heterocycles. The first-order valence-electron chi connectivity index (χ1n) is 5.15. The Balaban J connectivity index is 1.90. The first-order valence-corrected chi connectivity index (χ1v) is 5.15. The van der Waals surface area contributed by atoms with Crippen LogP contribution in [0.25, 0.3) is 0 Å². The molecule has 0 aromatic carbocycles. The minimum atomic E-state index is -0.898.